The second kappa shape index (κ2) is 8.23. The summed E-state index contributed by atoms with van der Waals surface area (Å²) in [6.45, 7) is 0. The molecule has 144 valence electrons. The van der Waals surface area contributed by atoms with E-state index in [1.807, 2.05) is 48.1 Å². The number of fused-ring (bicyclic) bond motifs is 1. The fourth-order valence-electron chi connectivity index (χ4n) is 4.55. The van der Waals surface area contributed by atoms with Gasteiger partial charge in [0.1, 0.15) is 11.9 Å². The first-order valence-corrected chi connectivity index (χ1v) is 10.0. The summed E-state index contributed by atoms with van der Waals surface area (Å²) >= 11 is 0. The Balaban J connectivity index is 1.39. The molecule has 4 unspecified atom stereocenters. The smallest absolute Gasteiger partial charge is 0.220 e. The van der Waals surface area contributed by atoms with E-state index < -0.39 is 0 Å². The molecular weight excluding hydrogens is 338 g/mol. The fourth-order valence-corrected chi connectivity index (χ4v) is 4.55. The molecule has 6 nitrogen and oxygen atoms in total. The first-order chi connectivity index (χ1) is 13.2. The minimum atomic E-state index is -0.226. The van der Waals surface area contributed by atoms with Crippen LogP contribution in [0.2, 0.25) is 0 Å². The van der Waals surface area contributed by atoms with Crippen LogP contribution < -0.4 is 16.2 Å². The van der Waals surface area contributed by atoms with E-state index in [0.29, 0.717) is 24.4 Å². The highest BCUT2D eigenvalue weighted by Crippen LogP contribution is 2.31. The van der Waals surface area contributed by atoms with Crippen LogP contribution in [0.4, 0.5) is 0 Å². The predicted octanol–water partition coefficient (Wildman–Crippen LogP) is 2.44. The molecule has 0 radical (unpaired) electrons. The molecule has 4 rings (SSSR count). The Hall–Kier alpha value is -2.18. The molecule has 1 aliphatic heterocycles. The Labute approximate surface area is 160 Å². The van der Waals surface area contributed by atoms with E-state index in [0.717, 1.165) is 17.8 Å². The molecule has 2 fully saturated rings. The lowest BCUT2D eigenvalue weighted by Gasteiger charge is -2.27. The number of aryl methyl sites for hydroxylation is 1. The van der Waals surface area contributed by atoms with Crippen LogP contribution in [-0.2, 0) is 11.8 Å². The summed E-state index contributed by atoms with van der Waals surface area (Å²) in [5.74, 6) is 1.58. The molecular formula is C21H29N5O. The number of nitrogens with one attached hydrogen (secondary N) is 3. The van der Waals surface area contributed by atoms with Gasteiger partial charge in [-0.3, -0.25) is 15.6 Å². The number of rotatable bonds is 6. The Bertz CT molecular complexity index is 759. The van der Waals surface area contributed by atoms with Gasteiger partial charge in [0.25, 0.3) is 0 Å². The summed E-state index contributed by atoms with van der Waals surface area (Å²) in [6.07, 6.45) is 10.2. The van der Waals surface area contributed by atoms with Crippen LogP contribution >= 0.6 is 0 Å². The first kappa shape index (κ1) is 18.2. The molecule has 0 spiro atoms. The van der Waals surface area contributed by atoms with Crippen LogP contribution in [0.15, 0.2) is 42.7 Å². The topological polar surface area (TPSA) is 71.0 Å². The Morgan fingerprint density at radius 2 is 2.07 bits per heavy atom. The fraction of sp³-hybridized carbons (Fsp3) is 0.524. The van der Waals surface area contributed by atoms with Gasteiger partial charge in [-0.25, -0.2) is 4.98 Å². The normalized spacial score (nSPS) is 25.7. The summed E-state index contributed by atoms with van der Waals surface area (Å²) in [5.41, 5.74) is 7.91. The Morgan fingerprint density at radius 1 is 1.26 bits per heavy atom. The molecule has 1 aromatic heterocycles. The minimum absolute atomic E-state index is 0.0768. The number of hydrazine groups is 1. The maximum absolute atomic E-state index is 12.8. The van der Waals surface area contributed by atoms with Crippen LogP contribution in [0.1, 0.15) is 56.0 Å². The average Bonchev–Trinajstić information content (AvgIpc) is 3.31. The van der Waals surface area contributed by atoms with Crippen molar-refractivity contribution in [1.82, 2.24) is 25.7 Å². The first-order valence-electron chi connectivity index (χ1n) is 10.0. The summed E-state index contributed by atoms with van der Waals surface area (Å²) < 4.78 is 1.97. The molecule has 2 aliphatic rings. The number of aromatic nitrogens is 2. The quantitative estimate of drug-likeness (QED) is 0.733. The molecule has 2 heterocycles. The standard InChI is InChI=1S/C21H29N5O/c1-26-14-13-22-21(26)20(15-7-3-2-4-8-15)23-19(27)12-11-18-16-9-5-6-10-17(16)24-25-18/h2-4,7-8,13-14,16-18,20,24-25H,5-6,9-12H2,1H3,(H,23,27). The molecule has 27 heavy (non-hydrogen) atoms. The molecule has 1 saturated heterocycles. The molecule has 1 saturated carbocycles. The molecule has 3 N–H and O–H groups in total. The van der Waals surface area contributed by atoms with Gasteiger partial charge in [0.2, 0.25) is 5.91 Å². The van der Waals surface area contributed by atoms with Gasteiger partial charge in [0.05, 0.1) is 0 Å². The van der Waals surface area contributed by atoms with Crippen molar-refractivity contribution in [3.05, 3.63) is 54.1 Å². The van der Waals surface area contributed by atoms with Crippen LogP contribution in [0.3, 0.4) is 0 Å². The van der Waals surface area contributed by atoms with Gasteiger partial charge in [-0.15, -0.1) is 0 Å². The van der Waals surface area contributed by atoms with E-state index in [-0.39, 0.29) is 11.9 Å². The average molecular weight is 367 g/mol. The predicted molar refractivity (Wildman–Crippen MR) is 105 cm³/mol. The van der Waals surface area contributed by atoms with Crippen LogP contribution in [0, 0.1) is 5.92 Å². The zero-order valence-electron chi connectivity index (χ0n) is 15.9. The van der Waals surface area contributed by atoms with Crippen molar-refractivity contribution in [2.45, 2.75) is 56.7 Å². The number of hydrogen-bond donors (Lipinski definition) is 3. The molecule has 6 heteroatoms. The van der Waals surface area contributed by atoms with Crippen molar-refractivity contribution in [1.29, 1.82) is 0 Å². The Kier molecular flexibility index (Phi) is 5.55. The zero-order chi connectivity index (χ0) is 18.6. The van der Waals surface area contributed by atoms with Gasteiger partial charge in [-0.2, -0.15) is 0 Å². The number of benzene rings is 1. The summed E-state index contributed by atoms with van der Waals surface area (Å²) in [6, 6.07) is 10.8. The van der Waals surface area contributed by atoms with Crippen molar-refractivity contribution in [3.8, 4) is 0 Å². The number of imidazole rings is 1. The number of hydrogen-bond acceptors (Lipinski definition) is 4. The van der Waals surface area contributed by atoms with Crippen LogP contribution in [0.25, 0.3) is 0 Å². The van der Waals surface area contributed by atoms with Gasteiger partial charge < -0.3 is 9.88 Å². The largest absolute Gasteiger partial charge is 0.342 e. The lowest BCUT2D eigenvalue weighted by molar-refractivity contribution is -0.121. The van der Waals surface area contributed by atoms with Gasteiger partial charge in [0, 0.05) is 37.9 Å². The highest BCUT2D eigenvalue weighted by atomic mass is 16.1. The Morgan fingerprint density at radius 3 is 2.85 bits per heavy atom. The number of carbonyl (C=O) groups excluding carboxylic acids is 1. The van der Waals surface area contributed by atoms with Gasteiger partial charge in [0.15, 0.2) is 0 Å². The van der Waals surface area contributed by atoms with Gasteiger partial charge >= 0.3 is 0 Å². The minimum Gasteiger partial charge on any atom is -0.342 e. The summed E-state index contributed by atoms with van der Waals surface area (Å²) in [5, 5.41) is 3.20. The van der Waals surface area contributed by atoms with E-state index in [1.54, 1.807) is 6.20 Å². The van der Waals surface area contributed by atoms with E-state index in [1.165, 1.54) is 25.7 Å². The highest BCUT2D eigenvalue weighted by Gasteiger charge is 2.37. The zero-order valence-corrected chi connectivity index (χ0v) is 15.9. The third kappa shape index (κ3) is 4.06. The molecule has 1 aromatic carbocycles. The number of carbonyl (C=O) groups is 1. The second-order valence-corrected chi connectivity index (χ2v) is 7.80. The van der Waals surface area contributed by atoms with Crippen molar-refractivity contribution in [3.63, 3.8) is 0 Å². The molecule has 4 atom stereocenters. The maximum Gasteiger partial charge on any atom is 0.220 e. The number of amides is 1. The van der Waals surface area contributed by atoms with Gasteiger partial charge in [-0.05, 0) is 30.7 Å². The van der Waals surface area contributed by atoms with Crippen molar-refractivity contribution in [2.24, 2.45) is 13.0 Å². The van der Waals surface area contributed by atoms with Crippen LogP contribution in [-0.4, -0.2) is 27.5 Å². The molecule has 0 bridgehead atoms. The number of nitrogens with zero attached hydrogens (tertiary/aromatic N) is 2. The lowest BCUT2D eigenvalue weighted by atomic mass is 9.80. The van der Waals surface area contributed by atoms with Crippen molar-refractivity contribution >= 4 is 5.91 Å². The van der Waals surface area contributed by atoms with Crippen LogP contribution in [0.5, 0.6) is 0 Å². The van der Waals surface area contributed by atoms with E-state index in [4.69, 9.17) is 0 Å². The summed E-state index contributed by atoms with van der Waals surface area (Å²) in [7, 11) is 1.96. The molecule has 1 aliphatic carbocycles. The maximum atomic E-state index is 12.8. The monoisotopic (exact) mass is 367 g/mol. The summed E-state index contributed by atoms with van der Waals surface area (Å²) in [4.78, 5) is 17.2. The third-order valence-electron chi connectivity index (χ3n) is 6.03. The van der Waals surface area contributed by atoms with E-state index in [9.17, 15) is 4.79 Å². The van der Waals surface area contributed by atoms with E-state index >= 15 is 0 Å². The van der Waals surface area contributed by atoms with Gasteiger partial charge in [-0.1, -0.05) is 43.2 Å². The molecule has 2 aromatic rings. The SMILES string of the molecule is Cn1ccnc1C(NC(=O)CCC1NNC2CCCCC21)c1ccccc1. The van der Waals surface area contributed by atoms with Crippen molar-refractivity contribution in [2.75, 3.05) is 0 Å². The highest BCUT2D eigenvalue weighted by molar-refractivity contribution is 5.76. The molecule has 1 amide bonds. The third-order valence-corrected chi connectivity index (χ3v) is 6.03. The van der Waals surface area contributed by atoms with Crippen molar-refractivity contribution < 1.29 is 4.79 Å². The second-order valence-electron chi connectivity index (χ2n) is 7.80. The lowest BCUT2D eigenvalue weighted by Crippen LogP contribution is -2.35. The van der Waals surface area contributed by atoms with E-state index in [2.05, 4.69) is 21.2 Å².